The second-order valence-corrected chi connectivity index (χ2v) is 5.95. The molecule has 3 rings (SSSR count). The minimum Gasteiger partial charge on any atom is -0.496 e. The minimum atomic E-state index is -4.86. The molecule has 5 nitrogen and oxygen atoms in total. The van der Waals surface area contributed by atoms with Crippen molar-refractivity contribution in [3.8, 4) is 5.75 Å². The average molecular weight is 379 g/mol. The molecule has 0 aromatic heterocycles. The number of nitrogens with zero attached hydrogens (tertiary/aromatic N) is 1. The molecule has 2 aromatic carbocycles. The van der Waals surface area contributed by atoms with Crippen molar-refractivity contribution in [3.63, 3.8) is 0 Å². The second kappa shape index (κ2) is 7.40. The normalized spacial score (nSPS) is 15.3. The van der Waals surface area contributed by atoms with E-state index in [9.17, 15) is 23.1 Å². The Morgan fingerprint density at radius 2 is 2.04 bits per heavy atom. The number of hydrogen-bond donors (Lipinski definition) is 1. The number of ether oxygens (including phenoxy) is 2. The molecule has 142 valence electrons. The van der Waals surface area contributed by atoms with Crippen molar-refractivity contribution in [2.24, 2.45) is 4.99 Å². The van der Waals surface area contributed by atoms with Crippen LogP contribution in [0.25, 0.3) is 0 Å². The molecule has 8 heteroatoms. The molecule has 0 radical (unpaired) electrons. The van der Waals surface area contributed by atoms with Crippen LogP contribution in [0.15, 0.2) is 47.5 Å². The Bertz CT molecular complexity index is 893. The molecule has 0 amide bonds. The lowest BCUT2D eigenvalue weighted by molar-refractivity contribution is -0.181. The summed E-state index contributed by atoms with van der Waals surface area (Å²) in [5.74, 6) is -0.0855. The summed E-state index contributed by atoms with van der Waals surface area (Å²) in [5, 5.41) is 9.79. The van der Waals surface area contributed by atoms with Gasteiger partial charge in [-0.2, -0.15) is 13.2 Å². The number of alkyl halides is 3. The molecule has 0 saturated heterocycles. The van der Waals surface area contributed by atoms with Gasteiger partial charge in [0.1, 0.15) is 12.4 Å². The lowest BCUT2D eigenvalue weighted by atomic mass is 10.0. The molecule has 1 unspecified atom stereocenters. The van der Waals surface area contributed by atoms with E-state index in [1.807, 2.05) is 0 Å². The lowest BCUT2D eigenvalue weighted by Gasteiger charge is -2.18. The summed E-state index contributed by atoms with van der Waals surface area (Å²) in [6, 6.07) is 10.9. The monoisotopic (exact) mass is 379 g/mol. The van der Waals surface area contributed by atoms with Crippen LogP contribution in [0.2, 0.25) is 0 Å². The molecule has 1 aliphatic rings. The van der Waals surface area contributed by atoms with Gasteiger partial charge in [0.2, 0.25) is 0 Å². The highest BCUT2D eigenvalue weighted by atomic mass is 19.4. The maximum Gasteiger partial charge on any atom is 0.419 e. The van der Waals surface area contributed by atoms with Crippen LogP contribution in [0.4, 0.5) is 18.9 Å². The van der Waals surface area contributed by atoms with E-state index in [2.05, 4.69) is 4.99 Å². The zero-order valence-corrected chi connectivity index (χ0v) is 14.3. The molecule has 0 bridgehead atoms. The summed E-state index contributed by atoms with van der Waals surface area (Å²) in [6.45, 7) is 0.0428. The van der Waals surface area contributed by atoms with Gasteiger partial charge < -0.3 is 14.6 Å². The minimum absolute atomic E-state index is 0.0428. The van der Waals surface area contributed by atoms with Gasteiger partial charge in [0, 0.05) is 12.0 Å². The van der Waals surface area contributed by atoms with Crippen LogP contribution >= 0.6 is 0 Å². The topological polar surface area (TPSA) is 68.1 Å². The Morgan fingerprint density at radius 1 is 1.30 bits per heavy atom. The van der Waals surface area contributed by atoms with Gasteiger partial charge in [0.05, 0.1) is 24.1 Å². The van der Waals surface area contributed by atoms with Gasteiger partial charge in [-0.1, -0.05) is 18.2 Å². The molecule has 27 heavy (non-hydrogen) atoms. The number of halogens is 3. The number of aliphatic hydroxyl groups excluding tert-OH is 1. The van der Waals surface area contributed by atoms with Gasteiger partial charge in [0.25, 0.3) is 0 Å². The Kier molecular flexibility index (Phi) is 5.18. The molecule has 0 saturated carbocycles. The predicted octanol–water partition coefficient (Wildman–Crippen LogP) is 3.60. The maximum atomic E-state index is 13.1. The number of aliphatic hydroxyl groups is 1. The number of benzene rings is 2. The number of esters is 1. The van der Waals surface area contributed by atoms with Crippen LogP contribution in [-0.4, -0.2) is 36.2 Å². The highest BCUT2D eigenvalue weighted by Gasteiger charge is 2.42. The zero-order valence-electron chi connectivity index (χ0n) is 14.3. The molecule has 1 heterocycles. The predicted molar refractivity (Wildman–Crippen MR) is 91.4 cm³/mol. The Morgan fingerprint density at radius 3 is 2.74 bits per heavy atom. The number of fused-ring (bicyclic) bond motifs is 1. The molecule has 1 atom stereocenters. The van der Waals surface area contributed by atoms with E-state index in [0.717, 1.165) is 0 Å². The molecule has 0 fully saturated rings. The number of carbonyl (C=O) groups excluding carboxylic acids is 1. The Balaban J connectivity index is 1.99. The van der Waals surface area contributed by atoms with Gasteiger partial charge in [-0.15, -0.1) is 0 Å². The fourth-order valence-corrected chi connectivity index (χ4v) is 2.79. The van der Waals surface area contributed by atoms with Crippen LogP contribution in [0.5, 0.6) is 5.75 Å². The number of carbonyl (C=O) groups is 1. The number of hydrogen-bond acceptors (Lipinski definition) is 5. The number of aliphatic imine (C=N–C) groups is 1. The van der Waals surface area contributed by atoms with Crippen LogP contribution in [0.1, 0.15) is 21.5 Å². The van der Waals surface area contributed by atoms with Gasteiger partial charge in [-0.25, -0.2) is 4.79 Å². The number of methoxy groups -OCH3 is 1. The summed E-state index contributed by atoms with van der Waals surface area (Å²) in [6.07, 6.45) is -7.85. The number of rotatable bonds is 5. The van der Waals surface area contributed by atoms with Gasteiger partial charge in [-0.05, 0) is 29.8 Å². The molecule has 1 aliphatic heterocycles. The molecule has 1 N–H and O–H groups in total. The van der Waals surface area contributed by atoms with Crippen molar-refractivity contribution in [3.05, 3.63) is 59.2 Å². The highest BCUT2D eigenvalue weighted by Crippen LogP contribution is 2.29. The van der Waals surface area contributed by atoms with Crippen molar-refractivity contribution >= 4 is 17.4 Å². The fraction of sp³-hybridized carbons (Fsp3) is 0.263. The molecule has 0 spiro atoms. The molecular weight excluding hydrogens is 363 g/mol. The Hall–Kier alpha value is -2.87. The van der Waals surface area contributed by atoms with E-state index in [-0.39, 0.29) is 18.7 Å². The number of para-hydroxylation sites is 1. The molecule has 0 aliphatic carbocycles. The third kappa shape index (κ3) is 4.11. The first-order valence-corrected chi connectivity index (χ1v) is 8.04. The van der Waals surface area contributed by atoms with Crippen molar-refractivity contribution in [1.29, 1.82) is 0 Å². The fourth-order valence-electron chi connectivity index (χ4n) is 2.79. The summed E-state index contributed by atoms with van der Waals surface area (Å²) in [4.78, 5) is 15.5. The van der Waals surface area contributed by atoms with E-state index in [4.69, 9.17) is 9.47 Å². The molecular formula is C19H16F3NO4. The number of cyclic esters (lactones) is 1. The maximum absolute atomic E-state index is 13.1. The second-order valence-electron chi connectivity index (χ2n) is 5.95. The summed E-state index contributed by atoms with van der Waals surface area (Å²) < 4.78 is 49.4. The Labute approximate surface area is 153 Å². The van der Waals surface area contributed by atoms with E-state index >= 15 is 0 Å². The first kappa shape index (κ1) is 18.9. The van der Waals surface area contributed by atoms with Gasteiger partial charge in [-0.3, -0.25) is 4.99 Å². The third-order valence-corrected chi connectivity index (χ3v) is 4.13. The van der Waals surface area contributed by atoms with Crippen molar-refractivity contribution in [1.82, 2.24) is 0 Å². The van der Waals surface area contributed by atoms with Crippen molar-refractivity contribution in [2.75, 3.05) is 7.11 Å². The third-order valence-electron chi connectivity index (χ3n) is 4.13. The van der Waals surface area contributed by atoms with Crippen LogP contribution in [-0.2, 0) is 17.8 Å². The van der Waals surface area contributed by atoms with E-state index in [1.165, 1.54) is 25.3 Å². The van der Waals surface area contributed by atoms with E-state index in [0.29, 0.717) is 22.4 Å². The van der Waals surface area contributed by atoms with Crippen LogP contribution in [0, 0.1) is 0 Å². The van der Waals surface area contributed by atoms with Gasteiger partial charge >= 0.3 is 12.1 Å². The van der Waals surface area contributed by atoms with Crippen LogP contribution in [0.3, 0.4) is 0 Å². The smallest absolute Gasteiger partial charge is 0.419 e. The average Bonchev–Trinajstić information content (AvgIpc) is 3.00. The quantitative estimate of drug-likeness (QED) is 0.637. The van der Waals surface area contributed by atoms with Gasteiger partial charge in [0.15, 0.2) is 6.10 Å². The summed E-state index contributed by atoms with van der Waals surface area (Å²) in [7, 11) is 1.41. The molecule has 2 aromatic rings. The summed E-state index contributed by atoms with van der Waals surface area (Å²) in [5.41, 5.74) is 1.08. The summed E-state index contributed by atoms with van der Waals surface area (Å²) >= 11 is 0. The first-order valence-electron chi connectivity index (χ1n) is 8.04. The van der Waals surface area contributed by atoms with Crippen molar-refractivity contribution in [2.45, 2.75) is 25.3 Å². The first-order chi connectivity index (χ1) is 12.8. The van der Waals surface area contributed by atoms with E-state index < -0.39 is 24.0 Å². The SMILES string of the molecule is COc1ccccc1CC(=Nc1ccc2c(c1)COC2=O)C(O)C(F)(F)F. The lowest BCUT2D eigenvalue weighted by Crippen LogP contribution is -2.37. The van der Waals surface area contributed by atoms with E-state index in [1.54, 1.807) is 24.3 Å². The van der Waals surface area contributed by atoms with Crippen molar-refractivity contribution < 1.29 is 32.5 Å². The highest BCUT2D eigenvalue weighted by molar-refractivity contribution is 5.95. The largest absolute Gasteiger partial charge is 0.496 e. The standard InChI is InChI=1S/C19H16F3NO4/c1-26-16-5-3-2-4-11(16)9-15(17(24)19(20,21)22)23-13-6-7-14-12(8-13)10-27-18(14)25/h2-8,17,24H,9-10H2,1H3. The van der Waals surface area contributed by atoms with Crippen LogP contribution < -0.4 is 4.74 Å². The zero-order chi connectivity index (χ0) is 19.6.